The van der Waals surface area contributed by atoms with E-state index < -0.39 is 0 Å². The maximum absolute atomic E-state index is 8.96. The topological polar surface area (TPSA) is 27.0 Å². The maximum Gasteiger partial charge on any atom is 0.0669 e. The second-order valence-corrected chi connectivity index (χ2v) is 5.14. The van der Waals surface area contributed by atoms with Gasteiger partial charge in [-0.05, 0) is 31.7 Å². The van der Waals surface area contributed by atoms with Gasteiger partial charge in [-0.25, -0.2) is 0 Å². The van der Waals surface area contributed by atoms with Crippen LogP contribution in [0.2, 0.25) is 0 Å². The average Bonchev–Trinajstić information content (AvgIpc) is 2.34. The van der Waals surface area contributed by atoms with Crippen molar-refractivity contribution in [2.75, 3.05) is 19.6 Å². The van der Waals surface area contributed by atoms with Gasteiger partial charge in [0.2, 0.25) is 0 Å². The summed E-state index contributed by atoms with van der Waals surface area (Å²) in [6, 6.07) is 2.43. The number of hydrogen-bond acceptors (Lipinski definition) is 2. The van der Waals surface area contributed by atoms with E-state index in [-0.39, 0.29) is 5.92 Å². The molecule has 1 saturated heterocycles. The fourth-order valence-corrected chi connectivity index (χ4v) is 2.61. The SMILES string of the molecule is CCCCC(CC)CN1CCCC(C#N)C1. The van der Waals surface area contributed by atoms with Gasteiger partial charge in [-0.1, -0.05) is 33.1 Å². The van der Waals surface area contributed by atoms with E-state index in [1.807, 2.05) is 0 Å². The smallest absolute Gasteiger partial charge is 0.0669 e. The first-order valence-corrected chi connectivity index (χ1v) is 6.92. The molecule has 92 valence electrons. The van der Waals surface area contributed by atoms with Crippen molar-refractivity contribution in [3.05, 3.63) is 0 Å². The second kappa shape index (κ2) is 7.68. The lowest BCUT2D eigenvalue weighted by atomic mass is 9.95. The van der Waals surface area contributed by atoms with Crippen molar-refractivity contribution in [2.45, 2.75) is 52.4 Å². The summed E-state index contributed by atoms with van der Waals surface area (Å²) in [7, 11) is 0. The first kappa shape index (κ1) is 13.5. The number of unbranched alkanes of at least 4 members (excludes halogenated alkanes) is 1. The molecule has 0 bridgehead atoms. The maximum atomic E-state index is 8.96. The van der Waals surface area contributed by atoms with Gasteiger partial charge in [0.15, 0.2) is 0 Å². The van der Waals surface area contributed by atoms with Gasteiger partial charge in [0.05, 0.1) is 12.0 Å². The first-order valence-electron chi connectivity index (χ1n) is 6.92. The lowest BCUT2D eigenvalue weighted by Crippen LogP contribution is -2.38. The standard InChI is InChI=1S/C14H26N2/c1-3-5-7-13(4-2)11-16-9-6-8-14(10-15)12-16/h13-14H,3-9,11-12H2,1-2H3. The number of likely N-dealkylation sites (tertiary alicyclic amines) is 1. The first-order chi connectivity index (χ1) is 7.80. The summed E-state index contributed by atoms with van der Waals surface area (Å²) in [4.78, 5) is 2.52. The molecule has 0 aromatic carbocycles. The molecular formula is C14H26N2. The highest BCUT2D eigenvalue weighted by Gasteiger charge is 2.21. The number of piperidine rings is 1. The summed E-state index contributed by atoms with van der Waals surface area (Å²) in [6.45, 7) is 8.00. The van der Waals surface area contributed by atoms with Crippen LogP contribution in [0.5, 0.6) is 0 Å². The van der Waals surface area contributed by atoms with Crippen LogP contribution >= 0.6 is 0 Å². The zero-order valence-corrected chi connectivity index (χ0v) is 10.9. The largest absolute Gasteiger partial charge is 0.302 e. The highest BCUT2D eigenvalue weighted by Crippen LogP contribution is 2.20. The van der Waals surface area contributed by atoms with E-state index in [0.717, 1.165) is 18.9 Å². The fraction of sp³-hybridized carbons (Fsp3) is 0.929. The van der Waals surface area contributed by atoms with E-state index in [0.29, 0.717) is 0 Å². The molecule has 1 heterocycles. The van der Waals surface area contributed by atoms with Crippen LogP contribution in [0.3, 0.4) is 0 Å². The van der Waals surface area contributed by atoms with Crippen LogP contribution in [0.25, 0.3) is 0 Å². The Morgan fingerprint density at radius 1 is 1.44 bits per heavy atom. The van der Waals surface area contributed by atoms with Crippen molar-refractivity contribution in [1.82, 2.24) is 4.90 Å². The molecule has 1 fully saturated rings. The Morgan fingerprint density at radius 2 is 2.25 bits per heavy atom. The molecule has 0 radical (unpaired) electrons. The monoisotopic (exact) mass is 222 g/mol. The van der Waals surface area contributed by atoms with Gasteiger partial charge in [0.25, 0.3) is 0 Å². The number of hydrogen-bond donors (Lipinski definition) is 0. The molecule has 0 amide bonds. The molecule has 16 heavy (non-hydrogen) atoms. The molecule has 2 unspecified atom stereocenters. The van der Waals surface area contributed by atoms with Crippen molar-refractivity contribution in [1.29, 1.82) is 5.26 Å². The van der Waals surface area contributed by atoms with E-state index >= 15 is 0 Å². The van der Waals surface area contributed by atoms with E-state index in [2.05, 4.69) is 24.8 Å². The Hall–Kier alpha value is -0.550. The van der Waals surface area contributed by atoms with E-state index in [9.17, 15) is 0 Å². The minimum atomic E-state index is 0.289. The molecule has 0 aliphatic carbocycles. The van der Waals surface area contributed by atoms with Crippen LogP contribution in [0.4, 0.5) is 0 Å². The molecule has 0 spiro atoms. The van der Waals surface area contributed by atoms with Crippen LogP contribution < -0.4 is 0 Å². The molecule has 2 nitrogen and oxygen atoms in total. The van der Waals surface area contributed by atoms with Crippen LogP contribution in [-0.2, 0) is 0 Å². The summed E-state index contributed by atoms with van der Waals surface area (Å²) >= 11 is 0. The molecule has 1 aliphatic rings. The molecule has 0 saturated carbocycles. The summed E-state index contributed by atoms with van der Waals surface area (Å²) in [5.74, 6) is 1.13. The molecule has 0 N–H and O–H groups in total. The van der Waals surface area contributed by atoms with E-state index in [1.165, 1.54) is 45.2 Å². The van der Waals surface area contributed by atoms with Crippen molar-refractivity contribution < 1.29 is 0 Å². The van der Waals surface area contributed by atoms with Gasteiger partial charge in [0, 0.05) is 13.1 Å². The molecule has 0 aromatic heterocycles. The predicted octanol–water partition coefficient (Wildman–Crippen LogP) is 3.44. The Labute approximate surface area is 101 Å². The Kier molecular flexibility index (Phi) is 6.49. The molecule has 1 rings (SSSR count). The van der Waals surface area contributed by atoms with Crippen molar-refractivity contribution in [2.24, 2.45) is 11.8 Å². The Balaban J connectivity index is 2.30. The fourth-order valence-electron chi connectivity index (χ4n) is 2.61. The molecule has 2 atom stereocenters. The zero-order chi connectivity index (χ0) is 11.8. The predicted molar refractivity (Wildman–Crippen MR) is 68.1 cm³/mol. The Bertz CT molecular complexity index is 219. The second-order valence-electron chi connectivity index (χ2n) is 5.14. The van der Waals surface area contributed by atoms with Crippen LogP contribution in [0.1, 0.15) is 52.4 Å². The van der Waals surface area contributed by atoms with Gasteiger partial charge in [-0.2, -0.15) is 5.26 Å². The molecular weight excluding hydrogens is 196 g/mol. The van der Waals surface area contributed by atoms with Gasteiger partial charge in [-0.3, -0.25) is 0 Å². The quantitative estimate of drug-likeness (QED) is 0.688. The summed E-state index contributed by atoms with van der Waals surface area (Å²) in [5, 5.41) is 8.96. The molecule has 1 aliphatic heterocycles. The summed E-state index contributed by atoms with van der Waals surface area (Å²) in [6.07, 6.45) is 7.63. The minimum Gasteiger partial charge on any atom is -0.302 e. The van der Waals surface area contributed by atoms with Crippen molar-refractivity contribution in [3.8, 4) is 6.07 Å². The van der Waals surface area contributed by atoms with E-state index in [4.69, 9.17) is 5.26 Å². The summed E-state index contributed by atoms with van der Waals surface area (Å²) < 4.78 is 0. The third-order valence-electron chi connectivity index (χ3n) is 3.75. The number of rotatable bonds is 6. The minimum absolute atomic E-state index is 0.289. The van der Waals surface area contributed by atoms with E-state index in [1.54, 1.807) is 0 Å². The summed E-state index contributed by atoms with van der Waals surface area (Å²) in [5.41, 5.74) is 0. The molecule has 2 heteroatoms. The van der Waals surface area contributed by atoms with Crippen LogP contribution in [0.15, 0.2) is 0 Å². The highest BCUT2D eigenvalue weighted by molar-refractivity contribution is 4.88. The molecule has 0 aromatic rings. The van der Waals surface area contributed by atoms with Gasteiger partial charge >= 0.3 is 0 Å². The zero-order valence-electron chi connectivity index (χ0n) is 10.9. The number of nitriles is 1. The van der Waals surface area contributed by atoms with Crippen LogP contribution in [-0.4, -0.2) is 24.5 Å². The lowest BCUT2D eigenvalue weighted by molar-refractivity contribution is 0.165. The Morgan fingerprint density at radius 3 is 2.88 bits per heavy atom. The van der Waals surface area contributed by atoms with Gasteiger partial charge < -0.3 is 4.90 Å². The van der Waals surface area contributed by atoms with Crippen molar-refractivity contribution in [3.63, 3.8) is 0 Å². The highest BCUT2D eigenvalue weighted by atomic mass is 15.1. The normalized spacial score (nSPS) is 23.9. The van der Waals surface area contributed by atoms with Crippen LogP contribution in [0, 0.1) is 23.2 Å². The van der Waals surface area contributed by atoms with Gasteiger partial charge in [-0.15, -0.1) is 0 Å². The van der Waals surface area contributed by atoms with Gasteiger partial charge in [0.1, 0.15) is 0 Å². The average molecular weight is 222 g/mol. The third kappa shape index (κ3) is 4.53. The van der Waals surface area contributed by atoms with Crippen molar-refractivity contribution >= 4 is 0 Å². The lowest BCUT2D eigenvalue weighted by Gasteiger charge is -2.32. The third-order valence-corrected chi connectivity index (χ3v) is 3.75. The number of nitrogens with zero attached hydrogens (tertiary/aromatic N) is 2.